The first kappa shape index (κ1) is 24.8. The maximum atomic E-state index is 12.6. The predicted octanol–water partition coefficient (Wildman–Crippen LogP) is -2.88. The van der Waals surface area contributed by atoms with Gasteiger partial charge in [-0.2, -0.15) is 0 Å². The topological polar surface area (TPSA) is 222 Å². The summed E-state index contributed by atoms with van der Waals surface area (Å²) in [6.45, 7) is 0.0573. The van der Waals surface area contributed by atoms with E-state index in [1.807, 2.05) is 0 Å². The van der Waals surface area contributed by atoms with E-state index in [1.165, 1.54) is 4.90 Å². The summed E-state index contributed by atoms with van der Waals surface area (Å²) < 4.78 is 0. The number of primary amides is 1. The van der Waals surface area contributed by atoms with Crippen LogP contribution in [0.25, 0.3) is 0 Å². The van der Waals surface area contributed by atoms with Gasteiger partial charge in [0, 0.05) is 19.4 Å². The van der Waals surface area contributed by atoms with Gasteiger partial charge in [0.25, 0.3) is 0 Å². The summed E-state index contributed by atoms with van der Waals surface area (Å²) in [5.41, 5.74) is 10.4. The van der Waals surface area contributed by atoms with Crippen LogP contribution in [0.3, 0.4) is 0 Å². The maximum absolute atomic E-state index is 12.6. The van der Waals surface area contributed by atoms with Crippen molar-refractivity contribution in [2.45, 2.75) is 56.7 Å². The highest BCUT2D eigenvalue weighted by Gasteiger charge is 2.36. The second kappa shape index (κ2) is 11.7. The SMILES string of the molecule is NCC(=O)N1CCCC1C(=O)NC(CCC(N)=O)C(=O)NC(CCC(=O)O)C(=O)O. The molecule has 0 spiro atoms. The summed E-state index contributed by atoms with van der Waals surface area (Å²) >= 11 is 0. The van der Waals surface area contributed by atoms with Crippen LogP contribution in [0.15, 0.2) is 0 Å². The Bertz CT molecular complexity index is 698. The number of carboxylic acids is 2. The van der Waals surface area contributed by atoms with Gasteiger partial charge in [0.1, 0.15) is 18.1 Å². The second-order valence-electron chi connectivity index (χ2n) is 6.85. The molecule has 0 aliphatic carbocycles. The number of rotatable bonds is 12. The molecule has 13 heteroatoms. The molecular formula is C17H27N5O8. The molecule has 8 N–H and O–H groups in total. The second-order valence-corrected chi connectivity index (χ2v) is 6.85. The number of nitrogens with zero attached hydrogens (tertiary/aromatic N) is 1. The van der Waals surface area contributed by atoms with Gasteiger partial charge in [0.15, 0.2) is 0 Å². The van der Waals surface area contributed by atoms with Gasteiger partial charge >= 0.3 is 11.9 Å². The summed E-state index contributed by atoms with van der Waals surface area (Å²) in [6.07, 6.45) is -0.393. The van der Waals surface area contributed by atoms with Crippen molar-refractivity contribution in [2.75, 3.05) is 13.1 Å². The van der Waals surface area contributed by atoms with Gasteiger partial charge in [-0.3, -0.25) is 24.0 Å². The number of hydrogen-bond donors (Lipinski definition) is 6. The van der Waals surface area contributed by atoms with Crippen LogP contribution in [-0.4, -0.2) is 81.9 Å². The van der Waals surface area contributed by atoms with Crippen molar-refractivity contribution in [1.82, 2.24) is 15.5 Å². The third-order valence-corrected chi connectivity index (χ3v) is 4.62. The molecule has 168 valence electrons. The predicted molar refractivity (Wildman–Crippen MR) is 101 cm³/mol. The quantitative estimate of drug-likeness (QED) is 0.187. The van der Waals surface area contributed by atoms with E-state index in [4.69, 9.17) is 16.6 Å². The average molecular weight is 429 g/mol. The number of carboxylic acid groups (broad SMARTS) is 2. The van der Waals surface area contributed by atoms with E-state index >= 15 is 0 Å². The van der Waals surface area contributed by atoms with Crippen LogP contribution in [0, 0.1) is 0 Å². The number of likely N-dealkylation sites (tertiary alicyclic amines) is 1. The van der Waals surface area contributed by atoms with Gasteiger partial charge in [-0.15, -0.1) is 0 Å². The van der Waals surface area contributed by atoms with Crippen LogP contribution in [-0.2, 0) is 28.8 Å². The summed E-state index contributed by atoms with van der Waals surface area (Å²) in [6, 6.07) is -3.64. The Morgan fingerprint density at radius 3 is 2.17 bits per heavy atom. The first-order chi connectivity index (χ1) is 14.1. The molecule has 1 saturated heterocycles. The average Bonchev–Trinajstić information content (AvgIpc) is 3.16. The molecule has 1 fully saturated rings. The van der Waals surface area contributed by atoms with Crippen LogP contribution in [0.5, 0.6) is 0 Å². The third kappa shape index (κ3) is 7.66. The van der Waals surface area contributed by atoms with Crippen LogP contribution in [0.2, 0.25) is 0 Å². The molecule has 1 aliphatic heterocycles. The minimum Gasteiger partial charge on any atom is -0.481 e. The van der Waals surface area contributed by atoms with Crippen LogP contribution in [0.1, 0.15) is 38.5 Å². The van der Waals surface area contributed by atoms with E-state index in [2.05, 4.69) is 10.6 Å². The van der Waals surface area contributed by atoms with Crippen molar-refractivity contribution in [1.29, 1.82) is 0 Å². The molecule has 0 aromatic carbocycles. The van der Waals surface area contributed by atoms with Crippen molar-refractivity contribution < 1.29 is 39.0 Å². The third-order valence-electron chi connectivity index (χ3n) is 4.62. The standard InChI is InChI=1S/C17H27N5O8/c18-8-13(24)22-7-1-2-11(22)16(28)20-9(3-5-12(19)23)15(27)21-10(17(29)30)4-6-14(25)26/h9-11H,1-8,18H2,(H2,19,23)(H,20,28)(H,21,27)(H,25,26)(H,29,30). The van der Waals surface area contributed by atoms with Gasteiger partial charge < -0.3 is 37.2 Å². The maximum Gasteiger partial charge on any atom is 0.326 e. The Morgan fingerprint density at radius 2 is 1.63 bits per heavy atom. The molecule has 1 heterocycles. The lowest BCUT2D eigenvalue weighted by molar-refractivity contribution is -0.144. The molecule has 0 saturated carbocycles. The van der Waals surface area contributed by atoms with E-state index < -0.39 is 60.1 Å². The Kier molecular flexibility index (Phi) is 9.68. The number of nitrogens with two attached hydrogens (primary N) is 2. The summed E-state index contributed by atoms with van der Waals surface area (Å²) in [4.78, 5) is 71.4. The molecule has 1 rings (SSSR count). The molecule has 0 aromatic heterocycles. The summed E-state index contributed by atoms with van der Waals surface area (Å²) in [5.74, 6) is -5.39. The lowest BCUT2D eigenvalue weighted by Crippen LogP contribution is -2.55. The highest BCUT2D eigenvalue weighted by molar-refractivity contribution is 5.94. The van der Waals surface area contributed by atoms with E-state index in [1.54, 1.807) is 0 Å². The molecule has 3 atom stereocenters. The van der Waals surface area contributed by atoms with Gasteiger partial charge in [-0.1, -0.05) is 0 Å². The lowest BCUT2D eigenvalue weighted by atomic mass is 10.1. The van der Waals surface area contributed by atoms with E-state index in [9.17, 15) is 33.9 Å². The molecule has 3 unspecified atom stereocenters. The zero-order valence-electron chi connectivity index (χ0n) is 16.3. The summed E-state index contributed by atoms with van der Waals surface area (Å²) in [5, 5.41) is 22.5. The first-order valence-corrected chi connectivity index (χ1v) is 9.40. The molecule has 4 amide bonds. The Morgan fingerprint density at radius 1 is 1.00 bits per heavy atom. The lowest BCUT2D eigenvalue weighted by Gasteiger charge is -2.26. The number of nitrogens with one attached hydrogen (secondary N) is 2. The molecule has 0 aromatic rings. The Hall–Kier alpha value is -3.22. The highest BCUT2D eigenvalue weighted by atomic mass is 16.4. The number of amides is 4. The fourth-order valence-electron chi connectivity index (χ4n) is 3.08. The van der Waals surface area contributed by atoms with E-state index in [0.29, 0.717) is 19.4 Å². The molecule has 0 bridgehead atoms. The first-order valence-electron chi connectivity index (χ1n) is 9.40. The van der Waals surface area contributed by atoms with Crippen molar-refractivity contribution in [3.63, 3.8) is 0 Å². The van der Waals surface area contributed by atoms with Crippen molar-refractivity contribution >= 4 is 35.6 Å². The number of hydrogen-bond acceptors (Lipinski definition) is 7. The van der Waals surface area contributed by atoms with Gasteiger partial charge in [-0.05, 0) is 25.7 Å². The highest BCUT2D eigenvalue weighted by Crippen LogP contribution is 2.17. The normalized spacial score (nSPS) is 17.6. The Balaban J connectivity index is 2.88. The minimum absolute atomic E-state index is 0.199. The smallest absolute Gasteiger partial charge is 0.326 e. The number of carbonyl (C=O) groups is 6. The Labute approximate surface area is 172 Å². The van der Waals surface area contributed by atoms with Crippen molar-refractivity contribution in [2.24, 2.45) is 11.5 Å². The van der Waals surface area contributed by atoms with Gasteiger partial charge in [-0.25, -0.2) is 4.79 Å². The molecule has 13 nitrogen and oxygen atoms in total. The van der Waals surface area contributed by atoms with Crippen molar-refractivity contribution in [3.05, 3.63) is 0 Å². The minimum atomic E-state index is -1.50. The number of carbonyl (C=O) groups excluding carboxylic acids is 4. The van der Waals surface area contributed by atoms with Gasteiger partial charge in [0.05, 0.1) is 6.54 Å². The van der Waals surface area contributed by atoms with E-state index in [-0.39, 0.29) is 25.8 Å². The van der Waals surface area contributed by atoms with Gasteiger partial charge in [0.2, 0.25) is 23.6 Å². The fraction of sp³-hybridized carbons (Fsp3) is 0.647. The van der Waals surface area contributed by atoms with Crippen molar-refractivity contribution in [3.8, 4) is 0 Å². The van der Waals surface area contributed by atoms with E-state index in [0.717, 1.165) is 0 Å². The zero-order chi connectivity index (χ0) is 22.8. The van der Waals surface area contributed by atoms with Crippen LogP contribution < -0.4 is 22.1 Å². The molecular weight excluding hydrogens is 402 g/mol. The summed E-state index contributed by atoms with van der Waals surface area (Å²) in [7, 11) is 0. The van der Waals surface area contributed by atoms with Crippen LogP contribution >= 0.6 is 0 Å². The molecule has 1 aliphatic rings. The molecule has 0 radical (unpaired) electrons. The monoisotopic (exact) mass is 429 g/mol. The van der Waals surface area contributed by atoms with Crippen LogP contribution in [0.4, 0.5) is 0 Å². The fourth-order valence-corrected chi connectivity index (χ4v) is 3.08. The zero-order valence-corrected chi connectivity index (χ0v) is 16.3. The molecule has 30 heavy (non-hydrogen) atoms. The number of aliphatic carboxylic acids is 2. The largest absolute Gasteiger partial charge is 0.481 e.